The summed E-state index contributed by atoms with van der Waals surface area (Å²) in [5.41, 5.74) is 3.70. The molecule has 1 heterocycles. The first-order valence-corrected chi connectivity index (χ1v) is 6.47. The molecule has 17 heavy (non-hydrogen) atoms. The van der Waals surface area contributed by atoms with Crippen molar-refractivity contribution in [2.24, 2.45) is 0 Å². The molecule has 0 unspecified atom stereocenters. The third-order valence-corrected chi connectivity index (χ3v) is 2.94. The molecule has 0 aliphatic carbocycles. The highest BCUT2D eigenvalue weighted by Crippen LogP contribution is 2.24. The lowest BCUT2D eigenvalue weighted by molar-refractivity contribution is 0.926. The summed E-state index contributed by atoms with van der Waals surface area (Å²) < 4.78 is 0. The molecule has 90 valence electrons. The maximum Gasteiger partial charge on any atom is 0.0754 e. The van der Waals surface area contributed by atoms with Gasteiger partial charge in [0.2, 0.25) is 0 Å². The lowest BCUT2D eigenvalue weighted by Crippen LogP contribution is -2.01. The molecule has 0 aliphatic rings. The number of anilines is 1. The van der Waals surface area contributed by atoms with E-state index in [9.17, 15) is 0 Å². The standard InChI is InChI=1S/C15H20N2/c1-3-6-12-7-5-8-13-14(16-10-4-2)9-11-17-15(12)13/h5,7-9,11H,3-4,6,10H2,1-2H3,(H,16,17). The number of aryl methyl sites for hydroxylation is 1. The van der Waals surface area contributed by atoms with Gasteiger partial charge in [0.15, 0.2) is 0 Å². The van der Waals surface area contributed by atoms with Crippen molar-refractivity contribution in [2.45, 2.75) is 33.1 Å². The van der Waals surface area contributed by atoms with E-state index in [1.54, 1.807) is 0 Å². The van der Waals surface area contributed by atoms with Crippen LogP contribution in [0.3, 0.4) is 0 Å². The average Bonchev–Trinajstić information content (AvgIpc) is 2.37. The summed E-state index contributed by atoms with van der Waals surface area (Å²) in [5, 5.41) is 4.71. The Kier molecular flexibility index (Phi) is 3.97. The number of hydrogen-bond donors (Lipinski definition) is 1. The Hall–Kier alpha value is -1.57. The van der Waals surface area contributed by atoms with Gasteiger partial charge in [-0.25, -0.2) is 0 Å². The first-order chi connectivity index (χ1) is 8.36. The van der Waals surface area contributed by atoms with E-state index in [2.05, 4.69) is 48.4 Å². The molecule has 1 aromatic heterocycles. The molecule has 0 saturated heterocycles. The summed E-state index contributed by atoms with van der Waals surface area (Å²) in [7, 11) is 0. The van der Waals surface area contributed by atoms with Gasteiger partial charge in [0.05, 0.1) is 5.52 Å². The maximum atomic E-state index is 4.53. The van der Waals surface area contributed by atoms with Gasteiger partial charge in [-0.05, 0) is 24.5 Å². The van der Waals surface area contributed by atoms with Crippen molar-refractivity contribution in [3.63, 3.8) is 0 Å². The quantitative estimate of drug-likeness (QED) is 0.836. The predicted molar refractivity (Wildman–Crippen MR) is 74.5 cm³/mol. The highest BCUT2D eigenvalue weighted by Gasteiger charge is 2.04. The Morgan fingerprint density at radius 3 is 2.76 bits per heavy atom. The second-order valence-electron chi connectivity index (χ2n) is 4.35. The van der Waals surface area contributed by atoms with Crippen LogP contribution in [0.2, 0.25) is 0 Å². The fourth-order valence-electron chi connectivity index (χ4n) is 2.12. The van der Waals surface area contributed by atoms with Crippen LogP contribution in [0.5, 0.6) is 0 Å². The molecule has 2 heteroatoms. The number of para-hydroxylation sites is 1. The molecule has 1 N–H and O–H groups in total. The van der Waals surface area contributed by atoms with Gasteiger partial charge in [-0.1, -0.05) is 38.5 Å². The average molecular weight is 228 g/mol. The normalized spacial score (nSPS) is 10.7. The van der Waals surface area contributed by atoms with Crippen LogP contribution in [0.4, 0.5) is 5.69 Å². The summed E-state index contributed by atoms with van der Waals surface area (Å²) in [5.74, 6) is 0. The van der Waals surface area contributed by atoms with Crippen molar-refractivity contribution in [1.82, 2.24) is 4.98 Å². The topological polar surface area (TPSA) is 24.9 Å². The van der Waals surface area contributed by atoms with Gasteiger partial charge in [-0.15, -0.1) is 0 Å². The van der Waals surface area contributed by atoms with E-state index in [4.69, 9.17) is 0 Å². The van der Waals surface area contributed by atoms with Crippen molar-refractivity contribution >= 4 is 16.6 Å². The molecule has 0 spiro atoms. The number of pyridine rings is 1. The van der Waals surface area contributed by atoms with Crippen LogP contribution in [0.1, 0.15) is 32.3 Å². The number of aromatic nitrogens is 1. The van der Waals surface area contributed by atoms with Crippen molar-refractivity contribution in [2.75, 3.05) is 11.9 Å². The van der Waals surface area contributed by atoms with Crippen LogP contribution in [0.15, 0.2) is 30.5 Å². The molecule has 0 aliphatic heterocycles. The Bertz CT molecular complexity index is 491. The van der Waals surface area contributed by atoms with Crippen LogP contribution in [-0.2, 0) is 6.42 Å². The Labute approximate surface area is 103 Å². The molecule has 1 aromatic carbocycles. The Morgan fingerprint density at radius 2 is 2.00 bits per heavy atom. The monoisotopic (exact) mass is 228 g/mol. The van der Waals surface area contributed by atoms with E-state index < -0.39 is 0 Å². The fourth-order valence-corrected chi connectivity index (χ4v) is 2.12. The highest BCUT2D eigenvalue weighted by atomic mass is 14.9. The van der Waals surface area contributed by atoms with Crippen LogP contribution < -0.4 is 5.32 Å². The van der Waals surface area contributed by atoms with Gasteiger partial charge >= 0.3 is 0 Å². The summed E-state index contributed by atoms with van der Waals surface area (Å²) in [4.78, 5) is 4.53. The zero-order valence-corrected chi connectivity index (χ0v) is 10.7. The Balaban J connectivity index is 2.45. The van der Waals surface area contributed by atoms with E-state index in [0.717, 1.165) is 31.3 Å². The molecule has 0 bridgehead atoms. The van der Waals surface area contributed by atoms with Crippen LogP contribution >= 0.6 is 0 Å². The van der Waals surface area contributed by atoms with Crippen molar-refractivity contribution in [3.8, 4) is 0 Å². The summed E-state index contributed by atoms with van der Waals surface area (Å²) in [6.45, 7) is 5.40. The van der Waals surface area contributed by atoms with Gasteiger partial charge in [-0.3, -0.25) is 4.98 Å². The summed E-state index contributed by atoms with van der Waals surface area (Å²) >= 11 is 0. The molecule has 2 rings (SSSR count). The molecule has 0 saturated carbocycles. The molecule has 0 amide bonds. The lowest BCUT2D eigenvalue weighted by Gasteiger charge is -2.10. The molecular weight excluding hydrogens is 208 g/mol. The fraction of sp³-hybridized carbons (Fsp3) is 0.400. The highest BCUT2D eigenvalue weighted by molar-refractivity contribution is 5.92. The first-order valence-electron chi connectivity index (χ1n) is 6.47. The molecular formula is C15H20N2. The zero-order valence-electron chi connectivity index (χ0n) is 10.7. The van der Waals surface area contributed by atoms with E-state index in [-0.39, 0.29) is 0 Å². The molecule has 0 atom stereocenters. The lowest BCUT2D eigenvalue weighted by atomic mass is 10.0. The minimum Gasteiger partial charge on any atom is -0.384 e. The summed E-state index contributed by atoms with van der Waals surface area (Å²) in [6.07, 6.45) is 5.30. The maximum absolute atomic E-state index is 4.53. The number of nitrogens with zero attached hydrogens (tertiary/aromatic N) is 1. The minimum absolute atomic E-state index is 1.01. The Morgan fingerprint density at radius 1 is 1.12 bits per heavy atom. The zero-order chi connectivity index (χ0) is 12.1. The van der Waals surface area contributed by atoms with Crippen molar-refractivity contribution in [1.29, 1.82) is 0 Å². The number of hydrogen-bond acceptors (Lipinski definition) is 2. The van der Waals surface area contributed by atoms with E-state index in [1.165, 1.54) is 16.6 Å². The van der Waals surface area contributed by atoms with Crippen LogP contribution in [0, 0.1) is 0 Å². The third kappa shape index (κ3) is 2.57. The second kappa shape index (κ2) is 5.67. The van der Waals surface area contributed by atoms with Gasteiger partial charge in [0.25, 0.3) is 0 Å². The van der Waals surface area contributed by atoms with Crippen molar-refractivity contribution in [3.05, 3.63) is 36.0 Å². The first kappa shape index (κ1) is 11.9. The van der Waals surface area contributed by atoms with Crippen LogP contribution in [0.25, 0.3) is 10.9 Å². The second-order valence-corrected chi connectivity index (χ2v) is 4.35. The minimum atomic E-state index is 1.01. The number of rotatable bonds is 5. The van der Waals surface area contributed by atoms with E-state index >= 15 is 0 Å². The molecule has 2 nitrogen and oxygen atoms in total. The molecule has 0 fully saturated rings. The van der Waals surface area contributed by atoms with Gasteiger partial charge in [0.1, 0.15) is 0 Å². The van der Waals surface area contributed by atoms with Gasteiger partial charge < -0.3 is 5.32 Å². The van der Waals surface area contributed by atoms with Crippen LogP contribution in [-0.4, -0.2) is 11.5 Å². The van der Waals surface area contributed by atoms with E-state index in [0.29, 0.717) is 0 Å². The largest absolute Gasteiger partial charge is 0.384 e. The van der Waals surface area contributed by atoms with Gasteiger partial charge in [0, 0.05) is 23.8 Å². The molecule has 2 aromatic rings. The number of benzene rings is 1. The predicted octanol–water partition coefficient (Wildman–Crippen LogP) is 4.01. The molecule has 0 radical (unpaired) electrons. The third-order valence-electron chi connectivity index (χ3n) is 2.94. The van der Waals surface area contributed by atoms with Gasteiger partial charge in [-0.2, -0.15) is 0 Å². The number of fused-ring (bicyclic) bond motifs is 1. The van der Waals surface area contributed by atoms with Crippen molar-refractivity contribution < 1.29 is 0 Å². The smallest absolute Gasteiger partial charge is 0.0754 e. The van der Waals surface area contributed by atoms with E-state index in [1.807, 2.05) is 6.20 Å². The summed E-state index contributed by atoms with van der Waals surface area (Å²) in [6, 6.07) is 8.53. The SMILES string of the molecule is CCCNc1ccnc2c(CCC)cccc12. The number of nitrogens with one attached hydrogen (secondary N) is 1.